The van der Waals surface area contributed by atoms with Crippen LogP contribution < -0.4 is 10.1 Å². The molecule has 0 fully saturated rings. The third kappa shape index (κ3) is 3.51. The summed E-state index contributed by atoms with van der Waals surface area (Å²) < 4.78 is 5.30. The van der Waals surface area contributed by atoms with Crippen molar-refractivity contribution in [3.05, 3.63) is 71.8 Å². The number of rotatable bonds is 4. The summed E-state index contributed by atoms with van der Waals surface area (Å²) in [6.45, 7) is 0. The van der Waals surface area contributed by atoms with Crippen LogP contribution in [0.3, 0.4) is 0 Å². The molecule has 1 unspecified atom stereocenters. The molecule has 1 aliphatic rings. The van der Waals surface area contributed by atoms with E-state index in [1.165, 1.54) is 0 Å². The highest BCUT2D eigenvalue weighted by Crippen LogP contribution is 2.30. The molecule has 27 heavy (non-hydrogen) atoms. The molecule has 0 spiro atoms. The summed E-state index contributed by atoms with van der Waals surface area (Å²) in [5, 5.41) is 3.12. The topological polar surface area (TPSA) is 77.0 Å². The Bertz CT molecular complexity index is 959. The van der Waals surface area contributed by atoms with Crippen molar-refractivity contribution in [1.29, 1.82) is 0 Å². The van der Waals surface area contributed by atoms with E-state index >= 15 is 0 Å². The van der Waals surface area contributed by atoms with Gasteiger partial charge in [0.05, 0.1) is 18.7 Å². The van der Waals surface area contributed by atoms with Crippen molar-refractivity contribution in [2.45, 2.75) is 25.3 Å². The van der Waals surface area contributed by atoms with Crippen LogP contribution in [0.4, 0.5) is 0 Å². The smallest absolute Gasteiger partial charge is 0.255 e. The van der Waals surface area contributed by atoms with Crippen LogP contribution in [-0.4, -0.2) is 28.0 Å². The highest BCUT2D eigenvalue weighted by Gasteiger charge is 2.25. The molecule has 1 amide bonds. The van der Waals surface area contributed by atoms with Crippen LogP contribution in [0, 0.1) is 0 Å². The summed E-state index contributed by atoms with van der Waals surface area (Å²) in [6, 6.07) is 10.9. The van der Waals surface area contributed by atoms with Crippen LogP contribution in [0.1, 0.15) is 40.5 Å². The molecule has 1 N–H and O–H groups in total. The van der Waals surface area contributed by atoms with Crippen LogP contribution in [0.25, 0.3) is 11.4 Å². The standard InChI is InChI=1S/C21H20N4O2/c1-27-19-8-3-2-5-15(19)21(26)25-18-7-4-6-17-16(18)13-23-20(24-17)14-9-11-22-12-10-14/h2-3,5,8-13,18H,4,6-7H2,1H3,(H,25,26). The number of nitrogens with one attached hydrogen (secondary N) is 1. The number of para-hydroxylation sites is 1. The Labute approximate surface area is 157 Å². The minimum atomic E-state index is -0.150. The number of amides is 1. The van der Waals surface area contributed by atoms with Gasteiger partial charge in [-0.1, -0.05) is 12.1 Å². The van der Waals surface area contributed by atoms with Crippen molar-refractivity contribution < 1.29 is 9.53 Å². The number of carbonyl (C=O) groups is 1. The maximum Gasteiger partial charge on any atom is 0.255 e. The van der Waals surface area contributed by atoms with Crippen molar-refractivity contribution in [2.24, 2.45) is 0 Å². The summed E-state index contributed by atoms with van der Waals surface area (Å²) in [6.07, 6.45) is 8.02. The average molecular weight is 360 g/mol. The molecule has 0 saturated heterocycles. The maximum atomic E-state index is 12.8. The first-order chi connectivity index (χ1) is 13.3. The molecule has 0 radical (unpaired) electrons. The van der Waals surface area contributed by atoms with Crippen LogP contribution in [-0.2, 0) is 6.42 Å². The molecule has 1 atom stereocenters. The second-order valence-corrected chi connectivity index (χ2v) is 6.45. The van der Waals surface area contributed by atoms with Gasteiger partial charge in [-0.05, 0) is 43.5 Å². The summed E-state index contributed by atoms with van der Waals surface area (Å²) >= 11 is 0. The molecular formula is C21H20N4O2. The maximum absolute atomic E-state index is 12.8. The van der Waals surface area contributed by atoms with E-state index in [-0.39, 0.29) is 11.9 Å². The monoisotopic (exact) mass is 360 g/mol. The Morgan fingerprint density at radius 3 is 2.81 bits per heavy atom. The molecule has 136 valence electrons. The molecule has 1 aliphatic carbocycles. The quantitative estimate of drug-likeness (QED) is 0.772. The number of benzene rings is 1. The van der Waals surface area contributed by atoms with Crippen molar-refractivity contribution >= 4 is 5.91 Å². The van der Waals surface area contributed by atoms with Gasteiger partial charge in [-0.25, -0.2) is 9.97 Å². The van der Waals surface area contributed by atoms with E-state index < -0.39 is 0 Å². The number of aryl methyl sites for hydroxylation is 1. The Morgan fingerprint density at radius 2 is 2.00 bits per heavy atom. The zero-order chi connectivity index (χ0) is 18.6. The second-order valence-electron chi connectivity index (χ2n) is 6.45. The van der Waals surface area contributed by atoms with E-state index in [1.54, 1.807) is 31.6 Å². The third-order valence-corrected chi connectivity index (χ3v) is 4.78. The number of carbonyl (C=O) groups excluding carboxylic acids is 1. The minimum Gasteiger partial charge on any atom is -0.496 e. The Morgan fingerprint density at radius 1 is 1.19 bits per heavy atom. The number of methoxy groups -OCH3 is 1. The van der Waals surface area contributed by atoms with Crippen molar-refractivity contribution in [3.8, 4) is 17.1 Å². The van der Waals surface area contributed by atoms with E-state index in [9.17, 15) is 4.79 Å². The fraction of sp³-hybridized carbons (Fsp3) is 0.238. The third-order valence-electron chi connectivity index (χ3n) is 4.78. The van der Waals surface area contributed by atoms with Gasteiger partial charge in [-0.3, -0.25) is 9.78 Å². The number of hydrogen-bond acceptors (Lipinski definition) is 5. The van der Waals surface area contributed by atoms with E-state index in [1.807, 2.05) is 30.5 Å². The van der Waals surface area contributed by atoms with Gasteiger partial charge >= 0.3 is 0 Å². The highest BCUT2D eigenvalue weighted by molar-refractivity contribution is 5.97. The number of hydrogen-bond donors (Lipinski definition) is 1. The van der Waals surface area contributed by atoms with Crippen molar-refractivity contribution in [3.63, 3.8) is 0 Å². The second kappa shape index (κ2) is 7.53. The molecule has 1 aromatic carbocycles. The predicted molar refractivity (Wildman–Crippen MR) is 101 cm³/mol. The fourth-order valence-electron chi connectivity index (χ4n) is 3.41. The minimum absolute atomic E-state index is 0.0994. The molecule has 0 bridgehead atoms. The number of nitrogens with zero attached hydrogens (tertiary/aromatic N) is 3. The Balaban J connectivity index is 1.59. The van der Waals surface area contributed by atoms with Gasteiger partial charge in [0.1, 0.15) is 5.75 Å². The van der Waals surface area contributed by atoms with Gasteiger partial charge in [0.15, 0.2) is 5.82 Å². The summed E-state index contributed by atoms with van der Waals surface area (Å²) in [4.78, 5) is 26.0. The summed E-state index contributed by atoms with van der Waals surface area (Å²) in [7, 11) is 1.57. The lowest BCUT2D eigenvalue weighted by Crippen LogP contribution is -2.31. The van der Waals surface area contributed by atoms with Gasteiger partial charge in [0, 0.05) is 35.4 Å². The number of pyridine rings is 1. The van der Waals surface area contributed by atoms with E-state index in [0.717, 1.165) is 36.1 Å². The van der Waals surface area contributed by atoms with E-state index in [4.69, 9.17) is 9.72 Å². The normalized spacial score (nSPS) is 15.7. The van der Waals surface area contributed by atoms with E-state index in [2.05, 4.69) is 15.3 Å². The molecular weight excluding hydrogens is 340 g/mol. The zero-order valence-electron chi connectivity index (χ0n) is 15.1. The van der Waals surface area contributed by atoms with Gasteiger partial charge < -0.3 is 10.1 Å². The van der Waals surface area contributed by atoms with Gasteiger partial charge in [-0.2, -0.15) is 0 Å². The van der Waals surface area contributed by atoms with Gasteiger partial charge in [0.25, 0.3) is 5.91 Å². The van der Waals surface area contributed by atoms with Crippen LogP contribution in [0.15, 0.2) is 55.0 Å². The molecule has 2 heterocycles. The summed E-state index contributed by atoms with van der Waals surface area (Å²) in [5.74, 6) is 1.10. The SMILES string of the molecule is COc1ccccc1C(=O)NC1CCCc2nc(-c3ccncc3)ncc21. The molecule has 3 aromatic rings. The highest BCUT2D eigenvalue weighted by atomic mass is 16.5. The average Bonchev–Trinajstić information content (AvgIpc) is 2.74. The fourth-order valence-corrected chi connectivity index (χ4v) is 3.41. The number of fused-ring (bicyclic) bond motifs is 1. The van der Waals surface area contributed by atoms with Crippen LogP contribution >= 0.6 is 0 Å². The van der Waals surface area contributed by atoms with Crippen molar-refractivity contribution in [1.82, 2.24) is 20.3 Å². The molecule has 0 saturated carbocycles. The Kier molecular flexibility index (Phi) is 4.78. The molecule has 4 rings (SSSR count). The van der Waals surface area contributed by atoms with Crippen LogP contribution in [0.5, 0.6) is 5.75 Å². The molecule has 0 aliphatic heterocycles. The lowest BCUT2D eigenvalue weighted by atomic mass is 9.92. The molecule has 6 nitrogen and oxygen atoms in total. The van der Waals surface area contributed by atoms with E-state index in [0.29, 0.717) is 17.1 Å². The first-order valence-corrected chi connectivity index (χ1v) is 8.96. The largest absolute Gasteiger partial charge is 0.496 e. The van der Waals surface area contributed by atoms with Gasteiger partial charge in [-0.15, -0.1) is 0 Å². The van der Waals surface area contributed by atoms with Crippen molar-refractivity contribution in [2.75, 3.05) is 7.11 Å². The zero-order valence-corrected chi connectivity index (χ0v) is 15.1. The first kappa shape index (κ1) is 17.1. The molecule has 6 heteroatoms. The van der Waals surface area contributed by atoms with Crippen LogP contribution in [0.2, 0.25) is 0 Å². The lowest BCUT2D eigenvalue weighted by molar-refractivity contribution is 0.0929. The molecule has 2 aromatic heterocycles. The lowest BCUT2D eigenvalue weighted by Gasteiger charge is -2.26. The number of ether oxygens (including phenoxy) is 1. The summed E-state index contributed by atoms with van der Waals surface area (Å²) in [5.41, 5.74) is 3.45. The Hall–Kier alpha value is -3.28. The number of aromatic nitrogens is 3. The van der Waals surface area contributed by atoms with Gasteiger partial charge in [0.2, 0.25) is 0 Å². The predicted octanol–water partition coefficient (Wildman–Crippen LogP) is 3.35. The first-order valence-electron chi connectivity index (χ1n) is 8.96.